The number of hydrogen-bond donors (Lipinski definition) is 2. The maximum atomic E-state index is 11.8. The number of hydrogen-bond acceptors (Lipinski definition) is 7. The van der Waals surface area contributed by atoms with E-state index >= 15 is 0 Å². The van der Waals surface area contributed by atoms with Crippen LogP contribution in [0.2, 0.25) is 0 Å². The predicted octanol–water partition coefficient (Wildman–Crippen LogP) is 2.14. The van der Waals surface area contributed by atoms with Crippen LogP contribution >= 0.6 is 0 Å². The van der Waals surface area contributed by atoms with E-state index in [1.807, 2.05) is 0 Å². The molecule has 0 radical (unpaired) electrons. The number of allylic oxidation sites excluding steroid dienone is 2. The summed E-state index contributed by atoms with van der Waals surface area (Å²) < 4.78 is 26.6. The van der Waals surface area contributed by atoms with Gasteiger partial charge in [-0.1, -0.05) is 12.2 Å². The zero-order valence-corrected chi connectivity index (χ0v) is 17.1. The Bertz CT molecular complexity index is 458. The molecule has 0 saturated heterocycles. The third kappa shape index (κ3) is 16.9. The molecule has 0 fully saturated rings. The monoisotopic (exact) mass is 417 g/mol. The van der Waals surface area contributed by atoms with E-state index < -0.39 is 5.97 Å². The minimum atomic E-state index is -0.875. The molecule has 0 aliphatic heterocycles. The second-order valence-corrected chi connectivity index (χ2v) is 6.53. The first-order valence-electron chi connectivity index (χ1n) is 10.3. The van der Waals surface area contributed by atoms with Gasteiger partial charge in [-0.05, 0) is 32.1 Å². The molecule has 1 rings (SSSR count). The summed E-state index contributed by atoms with van der Waals surface area (Å²) in [5.74, 6) is -0.875. The molecule has 1 aliphatic carbocycles. The first-order valence-corrected chi connectivity index (χ1v) is 10.3. The van der Waals surface area contributed by atoms with Gasteiger partial charge in [-0.15, -0.1) is 0 Å². The first kappa shape index (κ1) is 25.4. The molecule has 2 N–H and O–H groups in total. The highest BCUT2D eigenvalue weighted by atomic mass is 16.6. The van der Waals surface area contributed by atoms with Crippen LogP contribution < -0.4 is 5.32 Å². The fraction of sp³-hybridized carbons (Fsp3) is 0.800. The van der Waals surface area contributed by atoms with Gasteiger partial charge < -0.3 is 34.1 Å². The number of nitrogens with one attached hydrogen (secondary N) is 1. The minimum Gasteiger partial charge on any atom is -0.481 e. The third-order valence-corrected chi connectivity index (χ3v) is 4.08. The summed E-state index contributed by atoms with van der Waals surface area (Å²) in [6.45, 7) is 3.51. The molecule has 0 aromatic carbocycles. The van der Waals surface area contributed by atoms with Crippen molar-refractivity contribution in [1.82, 2.24) is 5.32 Å². The van der Waals surface area contributed by atoms with E-state index in [0.717, 1.165) is 32.1 Å². The van der Waals surface area contributed by atoms with E-state index in [4.69, 9.17) is 28.8 Å². The van der Waals surface area contributed by atoms with Crippen molar-refractivity contribution in [3.8, 4) is 0 Å². The van der Waals surface area contributed by atoms with E-state index in [0.29, 0.717) is 52.8 Å². The Morgan fingerprint density at radius 3 is 2.07 bits per heavy atom. The predicted molar refractivity (Wildman–Crippen MR) is 106 cm³/mol. The summed E-state index contributed by atoms with van der Waals surface area (Å²) in [7, 11) is 0. The Balaban J connectivity index is 1.80. The summed E-state index contributed by atoms with van der Waals surface area (Å²) in [4.78, 5) is 22.1. The lowest BCUT2D eigenvalue weighted by molar-refractivity contribution is -0.138. The number of ether oxygens (including phenoxy) is 5. The van der Waals surface area contributed by atoms with Gasteiger partial charge in [0, 0.05) is 6.54 Å². The van der Waals surface area contributed by atoms with Crippen LogP contribution in [0, 0.1) is 0 Å². The van der Waals surface area contributed by atoms with Crippen molar-refractivity contribution in [2.24, 2.45) is 0 Å². The van der Waals surface area contributed by atoms with Crippen molar-refractivity contribution >= 4 is 12.1 Å². The molecule has 1 atom stereocenters. The van der Waals surface area contributed by atoms with Crippen LogP contribution in [0.1, 0.15) is 38.5 Å². The highest BCUT2D eigenvalue weighted by Gasteiger charge is 2.14. The third-order valence-electron chi connectivity index (χ3n) is 4.08. The highest BCUT2D eigenvalue weighted by Crippen LogP contribution is 2.15. The molecule has 9 nitrogen and oxygen atoms in total. The molecule has 0 spiro atoms. The summed E-state index contributed by atoms with van der Waals surface area (Å²) in [5, 5.41) is 11.1. The van der Waals surface area contributed by atoms with Crippen molar-refractivity contribution in [2.45, 2.75) is 44.6 Å². The zero-order valence-electron chi connectivity index (χ0n) is 17.1. The van der Waals surface area contributed by atoms with E-state index in [1.54, 1.807) is 0 Å². The van der Waals surface area contributed by atoms with Gasteiger partial charge >= 0.3 is 12.1 Å². The SMILES string of the molecule is O=C(O)CCOCCOCCOCCOCCNC(=O)O[C@@H]1CCC=CCCC1. The molecule has 168 valence electrons. The number of carbonyl (C=O) groups is 2. The van der Waals surface area contributed by atoms with E-state index in [9.17, 15) is 9.59 Å². The number of alkyl carbamates (subject to hydrolysis) is 1. The quantitative estimate of drug-likeness (QED) is 0.290. The molecule has 0 aromatic heterocycles. The maximum absolute atomic E-state index is 11.8. The van der Waals surface area contributed by atoms with Gasteiger partial charge in [0.2, 0.25) is 0 Å². The first-order chi connectivity index (χ1) is 14.2. The fourth-order valence-corrected chi connectivity index (χ4v) is 2.58. The van der Waals surface area contributed by atoms with Gasteiger partial charge in [-0.2, -0.15) is 0 Å². The van der Waals surface area contributed by atoms with Crippen LogP contribution in [-0.4, -0.2) is 82.7 Å². The number of carboxylic acid groups (broad SMARTS) is 1. The molecule has 1 amide bonds. The van der Waals surface area contributed by atoms with Crippen molar-refractivity contribution < 1.29 is 38.4 Å². The molecule has 0 saturated carbocycles. The van der Waals surface area contributed by atoms with Gasteiger partial charge in [0.05, 0.1) is 59.3 Å². The van der Waals surface area contributed by atoms with Crippen LogP contribution in [-0.2, 0) is 28.5 Å². The number of carboxylic acids is 1. The Hall–Kier alpha value is -1.68. The summed E-state index contributed by atoms with van der Waals surface area (Å²) in [5.41, 5.74) is 0. The number of amides is 1. The standard InChI is InChI=1S/C20H35NO8/c22-19(23)8-10-25-12-14-27-16-17-28-15-13-26-11-9-21-20(24)29-18-6-4-2-1-3-5-7-18/h1-2,18H,3-17H2,(H,21,24)(H,22,23)/t18-/m1/s1. The minimum absolute atomic E-state index is 0.00184. The molecule has 9 heteroatoms. The van der Waals surface area contributed by atoms with Crippen molar-refractivity contribution in [3.63, 3.8) is 0 Å². The van der Waals surface area contributed by atoms with E-state index in [2.05, 4.69) is 17.5 Å². The molecule has 29 heavy (non-hydrogen) atoms. The topological polar surface area (TPSA) is 113 Å². The largest absolute Gasteiger partial charge is 0.481 e. The molecule has 0 bridgehead atoms. The Morgan fingerprint density at radius 2 is 1.41 bits per heavy atom. The molecular weight excluding hydrogens is 382 g/mol. The van der Waals surface area contributed by atoms with E-state index in [1.165, 1.54) is 0 Å². The Labute approximate surface area is 172 Å². The van der Waals surface area contributed by atoms with Gasteiger partial charge in [-0.25, -0.2) is 4.79 Å². The van der Waals surface area contributed by atoms with Gasteiger partial charge in [-0.3, -0.25) is 4.79 Å². The van der Waals surface area contributed by atoms with Crippen LogP contribution in [0.3, 0.4) is 0 Å². The van der Waals surface area contributed by atoms with Gasteiger partial charge in [0.25, 0.3) is 0 Å². The van der Waals surface area contributed by atoms with Crippen molar-refractivity contribution in [1.29, 1.82) is 0 Å². The molecule has 0 aromatic rings. The Kier molecular flexibility index (Phi) is 16.0. The number of aliphatic carboxylic acids is 1. The average Bonchev–Trinajstić information content (AvgIpc) is 2.66. The van der Waals surface area contributed by atoms with E-state index in [-0.39, 0.29) is 25.2 Å². The normalized spacial score (nSPS) is 16.8. The molecule has 0 heterocycles. The Morgan fingerprint density at radius 1 is 0.828 bits per heavy atom. The second-order valence-electron chi connectivity index (χ2n) is 6.53. The molecule has 1 aliphatic rings. The number of carbonyl (C=O) groups excluding carboxylic acids is 1. The highest BCUT2D eigenvalue weighted by molar-refractivity contribution is 5.67. The van der Waals surface area contributed by atoms with Crippen LogP contribution in [0.15, 0.2) is 12.2 Å². The second kappa shape index (κ2) is 18.4. The van der Waals surface area contributed by atoms with Crippen molar-refractivity contribution in [2.75, 3.05) is 59.4 Å². The van der Waals surface area contributed by atoms with Crippen LogP contribution in [0.25, 0.3) is 0 Å². The fourth-order valence-electron chi connectivity index (χ4n) is 2.58. The van der Waals surface area contributed by atoms with Crippen LogP contribution in [0.5, 0.6) is 0 Å². The average molecular weight is 417 g/mol. The lowest BCUT2D eigenvalue weighted by atomic mass is 10.0. The lowest BCUT2D eigenvalue weighted by Gasteiger charge is -2.18. The van der Waals surface area contributed by atoms with Crippen LogP contribution in [0.4, 0.5) is 4.79 Å². The van der Waals surface area contributed by atoms with Gasteiger partial charge in [0.15, 0.2) is 0 Å². The molecular formula is C20H35NO8. The lowest BCUT2D eigenvalue weighted by Crippen LogP contribution is -2.31. The van der Waals surface area contributed by atoms with Gasteiger partial charge in [0.1, 0.15) is 6.10 Å². The maximum Gasteiger partial charge on any atom is 0.407 e. The summed E-state index contributed by atoms with van der Waals surface area (Å²) in [6.07, 6.45) is 8.77. The summed E-state index contributed by atoms with van der Waals surface area (Å²) in [6, 6.07) is 0. The smallest absolute Gasteiger partial charge is 0.407 e. The van der Waals surface area contributed by atoms with Crippen molar-refractivity contribution in [3.05, 3.63) is 12.2 Å². The zero-order chi connectivity index (χ0) is 21.0. The number of rotatable bonds is 16. The molecule has 0 unspecified atom stereocenters. The summed E-state index contributed by atoms with van der Waals surface area (Å²) >= 11 is 0.